The third-order valence-electron chi connectivity index (χ3n) is 3.96. The number of nitrogens with one attached hydrogen (secondary N) is 2. The van der Waals surface area contributed by atoms with Crippen molar-refractivity contribution in [3.63, 3.8) is 0 Å². The summed E-state index contributed by atoms with van der Waals surface area (Å²) in [6.45, 7) is 0.409. The van der Waals surface area contributed by atoms with Gasteiger partial charge in [-0.1, -0.05) is 41.4 Å². The SMILES string of the molecule is COc1cc(/C=N\NC(=S)Nc2cccc(Cl)c2)ccc1OCc1ccc(Cl)cc1. The Morgan fingerprint density at radius 1 is 1.00 bits per heavy atom. The van der Waals surface area contributed by atoms with Crippen molar-refractivity contribution in [1.29, 1.82) is 0 Å². The number of anilines is 1. The second kappa shape index (κ2) is 10.8. The van der Waals surface area contributed by atoms with Crippen molar-refractivity contribution in [1.82, 2.24) is 5.43 Å². The highest BCUT2D eigenvalue weighted by molar-refractivity contribution is 7.80. The fraction of sp³-hybridized carbons (Fsp3) is 0.0909. The monoisotopic (exact) mass is 459 g/mol. The maximum absolute atomic E-state index is 5.96. The van der Waals surface area contributed by atoms with Crippen LogP contribution in [0.15, 0.2) is 71.8 Å². The van der Waals surface area contributed by atoms with Crippen LogP contribution >= 0.6 is 35.4 Å². The summed E-state index contributed by atoms with van der Waals surface area (Å²) in [5.41, 5.74) is 5.38. The molecule has 0 saturated heterocycles. The Balaban J connectivity index is 1.57. The predicted octanol–water partition coefficient (Wildman–Crippen LogP) is 5.90. The third-order valence-corrected chi connectivity index (χ3v) is 4.64. The molecule has 0 heterocycles. The van der Waals surface area contributed by atoms with Crippen LogP contribution in [0, 0.1) is 0 Å². The van der Waals surface area contributed by atoms with E-state index in [0.717, 1.165) is 16.8 Å². The Morgan fingerprint density at radius 3 is 2.53 bits per heavy atom. The van der Waals surface area contributed by atoms with E-state index in [1.165, 1.54) is 0 Å². The minimum absolute atomic E-state index is 0.350. The number of hydrogen-bond acceptors (Lipinski definition) is 4. The number of ether oxygens (including phenoxy) is 2. The molecule has 0 aliphatic rings. The van der Waals surface area contributed by atoms with Gasteiger partial charge >= 0.3 is 0 Å². The minimum atomic E-state index is 0.350. The molecular weight excluding hydrogens is 441 g/mol. The summed E-state index contributed by atoms with van der Waals surface area (Å²) in [4.78, 5) is 0. The van der Waals surface area contributed by atoms with Crippen molar-refractivity contribution < 1.29 is 9.47 Å². The summed E-state index contributed by atoms with van der Waals surface area (Å²) >= 11 is 17.1. The quantitative estimate of drug-likeness (QED) is 0.261. The lowest BCUT2D eigenvalue weighted by Gasteiger charge is -2.11. The molecule has 0 aromatic heterocycles. The Hall–Kier alpha value is -2.80. The van der Waals surface area contributed by atoms with Gasteiger partial charge in [0.1, 0.15) is 6.61 Å². The average molecular weight is 460 g/mol. The molecule has 30 heavy (non-hydrogen) atoms. The fourth-order valence-electron chi connectivity index (χ4n) is 2.52. The van der Waals surface area contributed by atoms with Gasteiger partial charge < -0.3 is 14.8 Å². The second-order valence-electron chi connectivity index (χ2n) is 6.16. The highest BCUT2D eigenvalue weighted by Crippen LogP contribution is 2.28. The number of benzene rings is 3. The van der Waals surface area contributed by atoms with E-state index in [9.17, 15) is 0 Å². The molecule has 3 rings (SSSR count). The Morgan fingerprint density at radius 2 is 1.80 bits per heavy atom. The lowest BCUT2D eigenvalue weighted by molar-refractivity contribution is 0.284. The van der Waals surface area contributed by atoms with Crippen LogP contribution < -0.4 is 20.2 Å². The first-order chi connectivity index (χ1) is 14.5. The highest BCUT2D eigenvalue weighted by atomic mass is 35.5. The lowest BCUT2D eigenvalue weighted by Crippen LogP contribution is -2.23. The van der Waals surface area contributed by atoms with Crippen molar-refractivity contribution in [2.45, 2.75) is 6.61 Å². The third kappa shape index (κ3) is 6.62. The summed E-state index contributed by atoms with van der Waals surface area (Å²) in [6, 6.07) is 20.3. The Kier molecular flexibility index (Phi) is 7.90. The topological polar surface area (TPSA) is 54.9 Å². The number of methoxy groups -OCH3 is 1. The van der Waals surface area contributed by atoms with Gasteiger partial charge in [0.15, 0.2) is 16.6 Å². The van der Waals surface area contributed by atoms with Crippen molar-refractivity contribution in [3.8, 4) is 11.5 Å². The molecule has 0 fully saturated rings. The first-order valence-corrected chi connectivity index (χ1v) is 10.1. The number of hydrazone groups is 1. The van der Waals surface area contributed by atoms with E-state index >= 15 is 0 Å². The molecule has 0 unspecified atom stereocenters. The highest BCUT2D eigenvalue weighted by Gasteiger charge is 2.06. The number of thiocarbonyl (C=S) groups is 1. The van der Waals surface area contributed by atoms with Gasteiger partial charge in [0.05, 0.1) is 13.3 Å². The van der Waals surface area contributed by atoms with Crippen LogP contribution in [0.1, 0.15) is 11.1 Å². The molecule has 0 aliphatic heterocycles. The second-order valence-corrected chi connectivity index (χ2v) is 7.44. The normalized spacial score (nSPS) is 10.6. The molecule has 0 saturated carbocycles. The molecule has 2 N–H and O–H groups in total. The maximum atomic E-state index is 5.96. The van der Waals surface area contributed by atoms with Crippen LogP contribution in [0.2, 0.25) is 10.0 Å². The molecule has 8 heteroatoms. The number of nitrogens with zero attached hydrogens (tertiary/aromatic N) is 1. The van der Waals surface area contributed by atoms with Crippen LogP contribution in [0.25, 0.3) is 0 Å². The standard InChI is InChI=1S/C22H19Cl2N3O2S/c1-28-21-11-16(7-10-20(21)29-14-15-5-8-17(23)9-6-15)13-25-27-22(30)26-19-4-2-3-18(24)12-19/h2-13H,14H2,1H3,(H2,26,27,30)/b25-13-. The van der Waals surface area contributed by atoms with Gasteiger partial charge in [-0.3, -0.25) is 5.43 Å². The van der Waals surface area contributed by atoms with Gasteiger partial charge in [-0.15, -0.1) is 0 Å². The largest absolute Gasteiger partial charge is 0.493 e. The zero-order chi connectivity index (χ0) is 21.3. The van der Waals surface area contributed by atoms with Crippen LogP contribution in [0.4, 0.5) is 5.69 Å². The van der Waals surface area contributed by atoms with Crippen molar-refractivity contribution in [3.05, 3.63) is 87.9 Å². The van der Waals surface area contributed by atoms with E-state index in [0.29, 0.717) is 33.3 Å². The number of rotatable bonds is 7. The molecule has 0 amide bonds. The van der Waals surface area contributed by atoms with Gasteiger partial charge in [-0.05, 0) is 71.9 Å². The van der Waals surface area contributed by atoms with E-state index in [1.54, 1.807) is 25.5 Å². The molecule has 154 valence electrons. The summed E-state index contributed by atoms with van der Waals surface area (Å²) in [6.07, 6.45) is 1.64. The molecule has 5 nitrogen and oxygen atoms in total. The smallest absolute Gasteiger partial charge is 0.191 e. The molecule has 0 radical (unpaired) electrons. The van der Waals surface area contributed by atoms with Crippen molar-refractivity contribution in [2.75, 3.05) is 12.4 Å². The summed E-state index contributed by atoms with van der Waals surface area (Å²) < 4.78 is 11.3. The summed E-state index contributed by atoms with van der Waals surface area (Å²) in [5.74, 6) is 1.24. The maximum Gasteiger partial charge on any atom is 0.191 e. The molecule has 0 aliphatic carbocycles. The first-order valence-electron chi connectivity index (χ1n) is 8.94. The lowest BCUT2D eigenvalue weighted by atomic mass is 10.2. The van der Waals surface area contributed by atoms with E-state index in [-0.39, 0.29) is 0 Å². The zero-order valence-electron chi connectivity index (χ0n) is 16.1. The van der Waals surface area contributed by atoms with Crippen molar-refractivity contribution in [2.24, 2.45) is 5.10 Å². The van der Waals surface area contributed by atoms with E-state index in [1.807, 2.05) is 54.6 Å². The van der Waals surface area contributed by atoms with Crippen LogP contribution in [-0.2, 0) is 6.61 Å². The summed E-state index contributed by atoms with van der Waals surface area (Å²) in [7, 11) is 1.59. The predicted molar refractivity (Wildman–Crippen MR) is 127 cm³/mol. The van der Waals surface area contributed by atoms with Crippen LogP contribution in [0.3, 0.4) is 0 Å². The van der Waals surface area contributed by atoms with Crippen LogP contribution in [-0.4, -0.2) is 18.4 Å². The Labute approximate surface area is 190 Å². The molecule has 0 spiro atoms. The average Bonchev–Trinajstić information content (AvgIpc) is 2.73. The van der Waals surface area contributed by atoms with Crippen LogP contribution in [0.5, 0.6) is 11.5 Å². The molecule has 3 aromatic rings. The molecule has 0 bridgehead atoms. The van der Waals surface area contributed by atoms with E-state index in [2.05, 4.69) is 15.8 Å². The fourth-order valence-corrected chi connectivity index (χ4v) is 3.00. The molecular formula is C22H19Cl2N3O2S. The van der Waals surface area contributed by atoms with Gasteiger partial charge in [-0.2, -0.15) is 5.10 Å². The van der Waals surface area contributed by atoms with Crippen molar-refractivity contribution >= 4 is 52.4 Å². The number of hydrogen-bond donors (Lipinski definition) is 2. The van der Waals surface area contributed by atoms with E-state index < -0.39 is 0 Å². The molecule has 0 atom stereocenters. The molecule has 3 aromatic carbocycles. The van der Waals surface area contributed by atoms with Gasteiger partial charge in [-0.25, -0.2) is 0 Å². The zero-order valence-corrected chi connectivity index (χ0v) is 18.4. The van der Waals surface area contributed by atoms with Gasteiger partial charge in [0.2, 0.25) is 0 Å². The number of halogens is 2. The van der Waals surface area contributed by atoms with E-state index in [4.69, 9.17) is 44.9 Å². The summed E-state index contributed by atoms with van der Waals surface area (Å²) in [5, 5.41) is 8.82. The van der Waals surface area contributed by atoms with Gasteiger partial charge in [0.25, 0.3) is 0 Å². The first kappa shape index (κ1) is 21.9. The Bertz CT molecular complexity index is 1040. The van der Waals surface area contributed by atoms with Gasteiger partial charge in [0, 0.05) is 15.7 Å². The minimum Gasteiger partial charge on any atom is -0.493 e.